The van der Waals surface area contributed by atoms with Crippen LogP contribution in [0.5, 0.6) is 5.75 Å². The average molecular weight is 279 g/mol. The predicted molar refractivity (Wildman–Crippen MR) is 71.9 cm³/mol. The highest BCUT2D eigenvalue weighted by Gasteiger charge is 2.34. The van der Waals surface area contributed by atoms with Crippen LogP contribution in [0.15, 0.2) is 24.3 Å². The van der Waals surface area contributed by atoms with Gasteiger partial charge in [0.1, 0.15) is 12.4 Å². The molecule has 0 aromatic heterocycles. The molecule has 1 saturated heterocycles. The minimum Gasteiger partial charge on any atom is -0.491 e. The van der Waals surface area contributed by atoms with Crippen LogP contribution in [-0.2, 0) is 14.3 Å². The van der Waals surface area contributed by atoms with Gasteiger partial charge in [-0.1, -0.05) is 0 Å². The summed E-state index contributed by atoms with van der Waals surface area (Å²) in [7, 11) is 1.60. The van der Waals surface area contributed by atoms with Crippen molar-refractivity contribution in [1.82, 2.24) is 0 Å². The van der Waals surface area contributed by atoms with Gasteiger partial charge in [-0.25, -0.2) is 0 Å². The van der Waals surface area contributed by atoms with Gasteiger partial charge in [0.2, 0.25) is 5.91 Å². The summed E-state index contributed by atoms with van der Waals surface area (Å²) in [5.41, 5.74) is 0.692. The molecule has 20 heavy (non-hydrogen) atoms. The molecule has 108 valence electrons. The Morgan fingerprint density at radius 2 is 2.05 bits per heavy atom. The zero-order valence-corrected chi connectivity index (χ0v) is 11.2. The van der Waals surface area contributed by atoms with E-state index in [2.05, 4.69) is 0 Å². The number of amides is 1. The molecule has 1 heterocycles. The first-order valence-electron chi connectivity index (χ1n) is 6.37. The summed E-state index contributed by atoms with van der Waals surface area (Å²) >= 11 is 0. The van der Waals surface area contributed by atoms with Crippen molar-refractivity contribution < 1.29 is 24.2 Å². The zero-order chi connectivity index (χ0) is 14.5. The van der Waals surface area contributed by atoms with Gasteiger partial charge in [-0.3, -0.25) is 9.59 Å². The molecular formula is C14H17NO5. The number of nitrogens with zero attached hydrogens (tertiary/aromatic N) is 1. The van der Waals surface area contributed by atoms with Gasteiger partial charge in [0.25, 0.3) is 0 Å². The summed E-state index contributed by atoms with van der Waals surface area (Å²) in [6.07, 6.45) is 0.0570. The number of rotatable bonds is 6. The highest BCUT2D eigenvalue weighted by molar-refractivity contribution is 5.99. The number of ether oxygens (including phenoxy) is 2. The Labute approximate surface area is 116 Å². The fraction of sp³-hybridized carbons (Fsp3) is 0.429. The zero-order valence-electron chi connectivity index (χ0n) is 11.2. The van der Waals surface area contributed by atoms with E-state index in [9.17, 15) is 9.59 Å². The summed E-state index contributed by atoms with van der Waals surface area (Å²) in [5, 5.41) is 8.95. The van der Waals surface area contributed by atoms with E-state index >= 15 is 0 Å². The number of carbonyl (C=O) groups excluding carboxylic acids is 1. The molecule has 1 aliphatic rings. The topological polar surface area (TPSA) is 76.1 Å². The van der Waals surface area contributed by atoms with Crippen LogP contribution in [-0.4, -0.2) is 43.9 Å². The van der Waals surface area contributed by atoms with E-state index in [0.717, 1.165) is 0 Å². The van der Waals surface area contributed by atoms with Gasteiger partial charge in [-0.05, 0) is 24.3 Å². The maximum absolute atomic E-state index is 11.8. The second-order valence-corrected chi connectivity index (χ2v) is 4.58. The number of hydrogen-bond acceptors (Lipinski definition) is 4. The standard InChI is InChI=1S/C14H17NO5/c1-19-6-7-20-12-4-2-11(3-5-12)15-9-10(14(17)18)8-13(15)16/h2-5,10H,6-9H2,1H3,(H,17,18). The van der Waals surface area contributed by atoms with Gasteiger partial charge >= 0.3 is 5.97 Å². The fourth-order valence-corrected chi connectivity index (χ4v) is 2.09. The number of methoxy groups -OCH3 is 1. The van der Waals surface area contributed by atoms with E-state index in [-0.39, 0.29) is 18.9 Å². The Morgan fingerprint density at radius 1 is 1.35 bits per heavy atom. The van der Waals surface area contributed by atoms with Crippen LogP contribution >= 0.6 is 0 Å². The number of anilines is 1. The smallest absolute Gasteiger partial charge is 0.308 e. The van der Waals surface area contributed by atoms with Crippen LogP contribution in [0.4, 0.5) is 5.69 Å². The van der Waals surface area contributed by atoms with Gasteiger partial charge in [-0.2, -0.15) is 0 Å². The summed E-state index contributed by atoms with van der Waals surface area (Å²) < 4.78 is 10.3. The van der Waals surface area contributed by atoms with Gasteiger partial charge in [0.05, 0.1) is 12.5 Å². The molecule has 1 aliphatic heterocycles. The van der Waals surface area contributed by atoms with Crippen molar-refractivity contribution in [2.24, 2.45) is 5.92 Å². The fourth-order valence-electron chi connectivity index (χ4n) is 2.09. The van der Waals surface area contributed by atoms with Crippen molar-refractivity contribution >= 4 is 17.6 Å². The third kappa shape index (κ3) is 3.27. The molecular weight excluding hydrogens is 262 g/mol. The molecule has 6 heteroatoms. The lowest BCUT2D eigenvalue weighted by Crippen LogP contribution is -2.25. The number of carbonyl (C=O) groups is 2. The molecule has 1 fully saturated rings. The van der Waals surface area contributed by atoms with Gasteiger partial charge in [0, 0.05) is 25.8 Å². The van der Waals surface area contributed by atoms with Crippen LogP contribution in [0.3, 0.4) is 0 Å². The van der Waals surface area contributed by atoms with Gasteiger partial charge in [0.15, 0.2) is 0 Å². The second kappa shape index (κ2) is 6.38. The highest BCUT2D eigenvalue weighted by Crippen LogP contribution is 2.26. The number of aliphatic carboxylic acids is 1. The molecule has 0 bridgehead atoms. The van der Waals surface area contributed by atoms with Crippen LogP contribution in [0.2, 0.25) is 0 Å². The largest absolute Gasteiger partial charge is 0.491 e. The Balaban J connectivity index is 1.99. The number of benzene rings is 1. The Morgan fingerprint density at radius 3 is 2.60 bits per heavy atom. The van der Waals surface area contributed by atoms with Crippen molar-refractivity contribution in [3.05, 3.63) is 24.3 Å². The molecule has 0 radical (unpaired) electrons. The third-order valence-corrected chi connectivity index (χ3v) is 3.18. The molecule has 6 nitrogen and oxygen atoms in total. The van der Waals surface area contributed by atoms with Crippen molar-refractivity contribution in [2.45, 2.75) is 6.42 Å². The van der Waals surface area contributed by atoms with Crippen molar-refractivity contribution in [2.75, 3.05) is 31.8 Å². The Kier molecular flexibility index (Phi) is 4.57. The van der Waals surface area contributed by atoms with Crippen LogP contribution in [0.1, 0.15) is 6.42 Å². The lowest BCUT2D eigenvalue weighted by Gasteiger charge is -2.16. The van der Waals surface area contributed by atoms with E-state index < -0.39 is 11.9 Å². The Hall–Kier alpha value is -2.08. The highest BCUT2D eigenvalue weighted by atomic mass is 16.5. The third-order valence-electron chi connectivity index (χ3n) is 3.18. The van der Waals surface area contributed by atoms with E-state index in [1.165, 1.54) is 4.90 Å². The van der Waals surface area contributed by atoms with Crippen molar-refractivity contribution in [3.8, 4) is 5.75 Å². The van der Waals surface area contributed by atoms with Crippen LogP contribution in [0, 0.1) is 5.92 Å². The first-order valence-corrected chi connectivity index (χ1v) is 6.37. The molecule has 1 unspecified atom stereocenters. The molecule has 1 aromatic rings. The number of carboxylic acid groups (broad SMARTS) is 1. The lowest BCUT2D eigenvalue weighted by molar-refractivity contribution is -0.141. The predicted octanol–water partition coefficient (Wildman–Crippen LogP) is 1.15. The minimum absolute atomic E-state index is 0.0570. The Bertz CT molecular complexity index is 485. The van der Waals surface area contributed by atoms with E-state index in [1.54, 1.807) is 31.4 Å². The normalized spacial score (nSPS) is 18.4. The maximum atomic E-state index is 11.8. The summed E-state index contributed by atoms with van der Waals surface area (Å²) in [5.74, 6) is -1.03. The number of carboxylic acids is 1. The number of hydrogen-bond donors (Lipinski definition) is 1. The lowest BCUT2D eigenvalue weighted by atomic mass is 10.1. The van der Waals surface area contributed by atoms with Crippen LogP contribution in [0.25, 0.3) is 0 Å². The average Bonchev–Trinajstić information content (AvgIpc) is 2.82. The molecule has 0 aliphatic carbocycles. The summed E-state index contributed by atoms with van der Waals surface area (Å²) in [6, 6.07) is 7.02. The monoisotopic (exact) mass is 279 g/mol. The molecule has 1 aromatic carbocycles. The molecule has 2 rings (SSSR count). The van der Waals surface area contributed by atoms with Gasteiger partial charge < -0.3 is 19.5 Å². The first-order chi connectivity index (χ1) is 9.61. The SMILES string of the molecule is COCCOc1ccc(N2CC(C(=O)O)CC2=O)cc1. The maximum Gasteiger partial charge on any atom is 0.308 e. The second-order valence-electron chi connectivity index (χ2n) is 4.58. The minimum atomic E-state index is -0.930. The summed E-state index contributed by atoms with van der Waals surface area (Å²) in [4.78, 5) is 24.2. The van der Waals surface area contributed by atoms with Gasteiger partial charge in [-0.15, -0.1) is 0 Å². The van der Waals surface area contributed by atoms with Crippen molar-refractivity contribution in [1.29, 1.82) is 0 Å². The van der Waals surface area contributed by atoms with Crippen molar-refractivity contribution in [3.63, 3.8) is 0 Å². The molecule has 0 saturated carbocycles. The van der Waals surface area contributed by atoms with E-state index in [1.807, 2.05) is 0 Å². The molecule has 1 N–H and O–H groups in total. The first kappa shape index (κ1) is 14.3. The molecule has 1 atom stereocenters. The molecule has 1 amide bonds. The molecule has 0 spiro atoms. The summed E-state index contributed by atoms with van der Waals surface area (Å²) in [6.45, 7) is 1.18. The van der Waals surface area contributed by atoms with E-state index in [0.29, 0.717) is 24.7 Å². The van der Waals surface area contributed by atoms with E-state index in [4.69, 9.17) is 14.6 Å². The quantitative estimate of drug-likeness (QED) is 0.790. The van der Waals surface area contributed by atoms with Crippen LogP contribution < -0.4 is 9.64 Å².